The summed E-state index contributed by atoms with van der Waals surface area (Å²) in [5.74, 6) is 0. The van der Waals surface area contributed by atoms with E-state index in [2.05, 4.69) is 53.1 Å². The van der Waals surface area contributed by atoms with Crippen LogP contribution in [-0.4, -0.2) is 13.3 Å². The number of allylic oxidation sites excluding steroid dienone is 1. The van der Waals surface area contributed by atoms with Crippen molar-refractivity contribution in [2.24, 2.45) is 21.2 Å². The molecule has 0 aliphatic rings. The highest BCUT2D eigenvalue weighted by molar-refractivity contribution is 5.71. The molecule has 0 bridgehead atoms. The summed E-state index contributed by atoms with van der Waals surface area (Å²) in [6.45, 7) is 17.4. The minimum Gasteiger partial charge on any atom is -0.300 e. The third-order valence-corrected chi connectivity index (χ3v) is 3.14. The van der Waals surface area contributed by atoms with Gasteiger partial charge in [-0.25, -0.2) is 0 Å². The van der Waals surface area contributed by atoms with Crippen molar-refractivity contribution in [2.75, 3.05) is 7.05 Å². The van der Waals surface area contributed by atoms with E-state index in [1.54, 1.807) is 0 Å². The van der Waals surface area contributed by atoms with Gasteiger partial charge in [0.25, 0.3) is 0 Å². The van der Waals surface area contributed by atoms with Gasteiger partial charge in [-0.2, -0.15) is 0 Å². The second kappa shape index (κ2) is 3.88. The van der Waals surface area contributed by atoms with Gasteiger partial charge in [0.05, 0.1) is 0 Å². The van der Waals surface area contributed by atoms with E-state index in [1.807, 2.05) is 19.3 Å². The molecule has 0 fully saturated rings. The molecule has 0 aromatic carbocycles. The number of hydrogen-bond donors (Lipinski definition) is 0. The van der Waals surface area contributed by atoms with Crippen LogP contribution in [0.1, 0.15) is 41.5 Å². The quantitative estimate of drug-likeness (QED) is 0.467. The van der Waals surface area contributed by atoms with Gasteiger partial charge in [0.15, 0.2) is 0 Å². The molecule has 0 atom stereocenters. The standard InChI is InChI=1S/C13H25N/c1-9-13(10-14-8,11(2,3)4)12(5,6)7/h9-10H,1H2,2-8H3/b14-10-. The molecule has 0 aromatic rings. The number of hydrogen-bond acceptors (Lipinski definition) is 1. The van der Waals surface area contributed by atoms with Crippen LogP contribution in [-0.2, 0) is 0 Å². The van der Waals surface area contributed by atoms with Crippen LogP contribution < -0.4 is 0 Å². The van der Waals surface area contributed by atoms with E-state index in [1.165, 1.54) is 0 Å². The topological polar surface area (TPSA) is 12.4 Å². The van der Waals surface area contributed by atoms with Crippen molar-refractivity contribution in [3.63, 3.8) is 0 Å². The van der Waals surface area contributed by atoms with Crippen molar-refractivity contribution in [1.82, 2.24) is 0 Å². The first-order chi connectivity index (χ1) is 6.12. The third-order valence-electron chi connectivity index (χ3n) is 3.14. The molecule has 82 valence electrons. The van der Waals surface area contributed by atoms with E-state index >= 15 is 0 Å². The predicted octanol–water partition coefficient (Wildman–Crippen LogP) is 3.95. The van der Waals surface area contributed by atoms with Crippen LogP contribution in [0.3, 0.4) is 0 Å². The average Bonchev–Trinajstić information content (AvgIpc) is 1.94. The van der Waals surface area contributed by atoms with Gasteiger partial charge in [-0.1, -0.05) is 47.6 Å². The monoisotopic (exact) mass is 195 g/mol. The Bertz CT molecular complexity index is 209. The van der Waals surface area contributed by atoms with Gasteiger partial charge in [0, 0.05) is 18.7 Å². The Hall–Kier alpha value is -0.590. The van der Waals surface area contributed by atoms with Gasteiger partial charge in [-0.3, -0.25) is 4.99 Å². The molecule has 14 heavy (non-hydrogen) atoms. The van der Waals surface area contributed by atoms with Crippen LogP contribution in [0.15, 0.2) is 17.6 Å². The Kier molecular flexibility index (Phi) is 3.71. The second-order valence-electron chi connectivity index (χ2n) is 5.96. The highest BCUT2D eigenvalue weighted by Gasteiger charge is 2.46. The minimum atomic E-state index is -0.0608. The SMILES string of the molecule is C=CC(/C=N\C)(C(C)(C)C)C(C)(C)C. The summed E-state index contributed by atoms with van der Waals surface area (Å²) in [4.78, 5) is 4.22. The lowest BCUT2D eigenvalue weighted by Gasteiger charge is -2.49. The maximum Gasteiger partial charge on any atom is 0.0325 e. The van der Waals surface area contributed by atoms with Gasteiger partial charge in [0.1, 0.15) is 0 Å². The van der Waals surface area contributed by atoms with Crippen molar-refractivity contribution in [3.8, 4) is 0 Å². The van der Waals surface area contributed by atoms with Crippen LogP contribution in [0.25, 0.3) is 0 Å². The Morgan fingerprint density at radius 1 is 0.929 bits per heavy atom. The summed E-state index contributed by atoms with van der Waals surface area (Å²) < 4.78 is 0. The van der Waals surface area contributed by atoms with Crippen LogP contribution in [0, 0.1) is 16.2 Å². The zero-order valence-electron chi connectivity index (χ0n) is 10.8. The van der Waals surface area contributed by atoms with E-state index in [-0.39, 0.29) is 16.2 Å². The smallest absolute Gasteiger partial charge is 0.0325 e. The lowest BCUT2D eigenvalue weighted by Crippen LogP contribution is -2.46. The molecule has 0 rings (SSSR count). The van der Waals surface area contributed by atoms with Crippen molar-refractivity contribution in [3.05, 3.63) is 12.7 Å². The molecule has 1 nitrogen and oxygen atoms in total. The fraction of sp³-hybridized carbons (Fsp3) is 0.769. The molecule has 1 heteroatoms. The molecular weight excluding hydrogens is 170 g/mol. The second-order valence-corrected chi connectivity index (χ2v) is 5.96. The van der Waals surface area contributed by atoms with Crippen LogP contribution in [0.2, 0.25) is 0 Å². The summed E-state index contributed by atoms with van der Waals surface area (Å²) >= 11 is 0. The molecule has 0 aliphatic heterocycles. The van der Waals surface area contributed by atoms with Gasteiger partial charge in [-0.05, 0) is 10.8 Å². The van der Waals surface area contributed by atoms with Crippen molar-refractivity contribution < 1.29 is 0 Å². The molecular formula is C13H25N. The third kappa shape index (κ3) is 2.08. The molecule has 0 amide bonds. The highest BCUT2D eigenvalue weighted by atomic mass is 14.7. The average molecular weight is 195 g/mol. The Labute approximate surface area is 89.3 Å². The molecule has 0 N–H and O–H groups in total. The molecule has 0 saturated heterocycles. The van der Waals surface area contributed by atoms with Gasteiger partial charge in [0.2, 0.25) is 0 Å². The van der Waals surface area contributed by atoms with Crippen LogP contribution in [0.4, 0.5) is 0 Å². The number of nitrogens with zero attached hydrogens (tertiary/aromatic N) is 1. The first-order valence-corrected chi connectivity index (χ1v) is 5.19. The van der Waals surface area contributed by atoms with E-state index in [4.69, 9.17) is 0 Å². The van der Waals surface area contributed by atoms with E-state index < -0.39 is 0 Å². The zero-order valence-corrected chi connectivity index (χ0v) is 10.8. The molecule has 0 radical (unpaired) electrons. The molecule has 0 aliphatic carbocycles. The zero-order chi connectivity index (χ0) is 11.6. The largest absolute Gasteiger partial charge is 0.300 e. The minimum absolute atomic E-state index is 0.0608. The van der Waals surface area contributed by atoms with Gasteiger partial charge >= 0.3 is 0 Å². The summed E-state index contributed by atoms with van der Waals surface area (Å²) in [6.07, 6.45) is 4.08. The molecule has 0 saturated carbocycles. The van der Waals surface area contributed by atoms with Gasteiger partial charge in [-0.15, -0.1) is 6.58 Å². The van der Waals surface area contributed by atoms with Crippen molar-refractivity contribution in [1.29, 1.82) is 0 Å². The number of rotatable bonds is 2. The van der Waals surface area contributed by atoms with E-state index in [0.717, 1.165) is 0 Å². The summed E-state index contributed by atoms with van der Waals surface area (Å²) in [6, 6.07) is 0. The van der Waals surface area contributed by atoms with Crippen molar-refractivity contribution >= 4 is 6.21 Å². The van der Waals surface area contributed by atoms with Crippen LogP contribution in [0.5, 0.6) is 0 Å². The summed E-state index contributed by atoms with van der Waals surface area (Å²) in [7, 11) is 1.83. The lowest BCUT2D eigenvalue weighted by atomic mass is 9.55. The Morgan fingerprint density at radius 3 is 1.36 bits per heavy atom. The molecule has 0 heterocycles. The first-order valence-electron chi connectivity index (χ1n) is 5.19. The van der Waals surface area contributed by atoms with Gasteiger partial charge < -0.3 is 0 Å². The summed E-state index contributed by atoms with van der Waals surface area (Å²) in [5.41, 5.74) is 0.202. The Morgan fingerprint density at radius 2 is 1.29 bits per heavy atom. The fourth-order valence-corrected chi connectivity index (χ4v) is 2.38. The van der Waals surface area contributed by atoms with Crippen LogP contribution >= 0.6 is 0 Å². The van der Waals surface area contributed by atoms with E-state index in [0.29, 0.717) is 0 Å². The van der Waals surface area contributed by atoms with E-state index in [9.17, 15) is 0 Å². The predicted molar refractivity (Wildman–Crippen MR) is 66.0 cm³/mol. The van der Waals surface area contributed by atoms with Crippen molar-refractivity contribution in [2.45, 2.75) is 41.5 Å². The maximum atomic E-state index is 4.22. The molecule has 0 spiro atoms. The fourth-order valence-electron chi connectivity index (χ4n) is 2.38. The highest BCUT2D eigenvalue weighted by Crippen LogP contribution is 2.51. The summed E-state index contributed by atoms with van der Waals surface area (Å²) in [5, 5.41) is 0. The maximum absolute atomic E-state index is 4.22. The first kappa shape index (κ1) is 13.4. The normalized spacial score (nSPS) is 14.8. The number of aliphatic imine (C=N–C) groups is 1. The lowest BCUT2D eigenvalue weighted by molar-refractivity contribution is 0.0930. The molecule has 0 unspecified atom stereocenters. The Balaban J connectivity index is 5.56. The molecule has 0 aromatic heterocycles.